The van der Waals surface area contributed by atoms with Crippen LogP contribution >= 0.6 is 0 Å². The number of esters is 1. The molecule has 0 radical (unpaired) electrons. The number of carbonyl (C=O) groups is 1. The van der Waals surface area contributed by atoms with Crippen LogP contribution in [0.5, 0.6) is 5.75 Å². The summed E-state index contributed by atoms with van der Waals surface area (Å²) in [6.07, 6.45) is -9.62. The molecule has 1 aliphatic carbocycles. The topological polar surface area (TPSA) is 29.5 Å². The number of ether oxygens (including phenoxy) is 1. The molecular formula is C33H25F6NO2. The van der Waals surface area contributed by atoms with Gasteiger partial charge in [0.15, 0.2) is 0 Å². The normalized spacial score (nSPS) is 13.7. The molecule has 4 aromatic rings. The molecule has 0 N–H and O–H groups in total. The zero-order valence-electron chi connectivity index (χ0n) is 22.8. The molecule has 0 spiro atoms. The minimum atomic E-state index is -4.94. The second-order valence-corrected chi connectivity index (χ2v) is 10.6. The molecule has 0 fully saturated rings. The molecule has 0 heterocycles. The van der Waals surface area contributed by atoms with Gasteiger partial charge in [0.1, 0.15) is 11.3 Å². The zero-order chi connectivity index (χ0) is 30.6. The molecule has 0 aromatic heterocycles. The highest BCUT2D eigenvalue weighted by atomic mass is 19.4. The van der Waals surface area contributed by atoms with E-state index in [0.717, 1.165) is 46.5 Å². The fourth-order valence-corrected chi connectivity index (χ4v) is 5.25. The highest BCUT2D eigenvalue weighted by molar-refractivity contribution is 5.89. The average molecular weight is 582 g/mol. The Morgan fingerprint density at radius 3 is 2.02 bits per heavy atom. The van der Waals surface area contributed by atoms with Crippen molar-refractivity contribution in [2.24, 2.45) is 0 Å². The van der Waals surface area contributed by atoms with Gasteiger partial charge in [0, 0.05) is 28.1 Å². The molecule has 5 rings (SSSR count). The second kappa shape index (κ2) is 10.1. The van der Waals surface area contributed by atoms with Gasteiger partial charge in [0.05, 0.1) is 5.56 Å². The fourth-order valence-electron chi connectivity index (χ4n) is 5.25. The van der Waals surface area contributed by atoms with E-state index in [1.807, 2.05) is 44.2 Å². The lowest BCUT2D eigenvalue weighted by molar-refractivity contribution is -0.141. The molecule has 0 saturated heterocycles. The van der Waals surface area contributed by atoms with Crippen LogP contribution in [0.2, 0.25) is 0 Å². The van der Waals surface area contributed by atoms with Crippen molar-refractivity contribution in [2.45, 2.75) is 38.5 Å². The van der Waals surface area contributed by atoms with Gasteiger partial charge in [-0.25, -0.2) is 4.79 Å². The van der Waals surface area contributed by atoms with Gasteiger partial charge >= 0.3 is 18.3 Å². The maximum absolute atomic E-state index is 14.2. The van der Waals surface area contributed by atoms with Crippen LogP contribution in [-0.2, 0) is 22.6 Å². The Morgan fingerprint density at radius 1 is 0.738 bits per heavy atom. The summed E-state index contributed by atoms with van der Waals surface area (Å²) >= 11 is 0. The molecule has 216 valence electrons. The largest absolute Gasteiger partial charge is 0.423 e. The molecule has 42 heavy (non-hydrogen) atoms. The predicted molar refractivity (Wildman–Crippen MR) is 149 cm³/mol. The van der Waals surface area contributed by atoms with Gasteiger partial charge in [-0.2, -0.15) is 26.3 Å². The highest BCUT2D eigenvalue weighted by Crippen LogP contribution is 2.51. The number of hydrogen-bond acceptors (Lipinski definition) is 3. The van der Waals surface area contributed by atoms with Gasteiger partial charge < -0.3 is 9.64 Å². The zero-order valence-corrected chi connectivity index (χ0v) is 22.8. The Kier molecular flexibility index (Phi) is 6.95. The van der Waals surface area contributed by atoms with Crippen molar-refractivity contribution in [2.75, 3.05) is 4.90 Å². The molecule has 0 aliphatic heterocycles. The van der Waals surface area contributed by atoms with Gasteiger partial charge in [-0.05, 0) is 77.7 Å². The van der Waals surface area contributed by atoms with E-state index in [-0.39, 0.29) is 16.9 Å². The van der Waals surface area contributed by atoms with E-state index in [4.69, 9.17) is 4.74 Å². The van der Waals surface area contributed by atoms with Crippen LogP contribution < -0.4 is 9.64 Å². The number of hydrogen-bond donors (Lipinski definition) is 0. The number of alkyl halides is 6. The first-order valence-corrected chi connectivity index (χ1v) is 12.9. The van der Waals surface area contributed by atoms with E-state index in [0.29, 0.717) is 5.69 Å². The number of anilines is 3. The van der Waals surface area contributed by atoms with Crippen molar-refractivity contribution in [3.05, 3.63) is 119 Å². The maximum Gasteiger partial charge on any atom is 0.420 e. The number of rotatable bonds is 5. The first-order chi connectivity index (χ1) is 19.6. The highest BCUT2D eigenvalue weighted by Gasteiger charge is 2.38. The summed E-state index contributed by atoms with van der Waals surface area (Å²) in [5, 5.41) is 0. The number of nitrogens with zero attached hydrogens (tertiary/aromatic N) is 1. The van der Waals surface area contributed by atoms with E-state index in [1.165, 1.54) is 30.0 Å². The van der Waals surface area contributed by atoms with Crippen LogP contribution in [0.25, 0.3) is 11.1 Å². The van der Waals surface area contributed by atoms with Crippen LogP contribution in [0.3, 0.4) is 0 Å². The minimum Gasteiger partial charge on any atom is -0.423 e. The van der Waals surface area contributed by atoms with Crippen molar-refractivity contribution in [1.82, 2.24) is 0 Å². The summed E-state index contributed by atoms with van der Waals surface area (Å²) in [4.78, 5) is 13.4. The smallest absolute Gasteiger partial charge is 0.420 e. The van der Waals surface area contributed by atoms with Crippen LogP contribution in [0, 0.1) is 0 Å². The minimum absolute atomic E-state index is 0.00195. The van der Waals surface area contributed by atoms with Gasteiger partial charge in [-0.15, -0.1) is 0 Å². The van der Waals surface area contributed by atoms with Crippen molar-refractivity contribution < 1.29 is 35.9 Å². The third kappa shape index (κ3) is 5.15. The molecule has 1 aliphatic rings. The molecule has 0 saturated carbocycles. The Labute approximate surface area is 238 Å². The summed E-state index contributed by atoms with van der Waals surface area (Å²) in [5.74, 6) is -1.78. The van der Waals surface area contributed by atoms with Crippen molar-refractivity contribution in [3.8, 4) is 16.9 Å². The van der Waals surface area contributed by atoms with E-state index in [2.05, 4.69) is 6.58 Å². The van der Waals surface area contributed by atoms with E-state index in [9.17, 15) is 31.1 Å². The molecule has 4 aromatic carbocycles. The molecule has 0 bridgehead atoms. The number of carbonyl (C=O) groups excluding carboxylic acids is 1. The monoisotopic (exact) mass is 581 g/mol. The summed E-state index contributed by atoms with van der Waals surface area (Å²) in [6, 6.07) is 20.5. The average Bonchev–Trinajstić information content (AvgIpc) is 3.15. The Hall–Kier alpha value is -4.53. The molecule has 3 nitrogen and oxygen atoms in total. The maximum atomic E-state index is 14.2. The van der Waals surface area contributed by atoms with Crippen LogP contribution in [0.4, 0.5) is 43.4 Å². The number of fused-ring (bicyclic) bond motifs is 3. The van der Waals surface area contributed by atoms with Crippen LogP contribution in [0.15, 0.2) is 97.1 Å². The van der Waals surface area contributed by atoms with Gasteiger partial charge in [-0.1, -0.05) is 56.8 Å². The molecule has 0 amide bonds. The molecular weight excluding hydrogens is 556 g/mol. The predicted octanol–water partition coefficient (Wildman–Crippen LogP) is 9.98. The number of benzene rings is 4. The Bertz CT molecular complexity index is 1720. The lowest BCUT2D eigenvalue weighted by Gasteiger charge is -2.29. The Morgan fingerprint density at radius 2 is 1.36 bits per heavy atom. The summed E-state index contributed by atoms with van der Waals surface area (Å²) in [6.45, 7) is 8.73. The second-order valence-electron chi connectivity index (χ2n) is 10.6. The lowest BCUT2D eigenvalue weighted by atomic mass is 9.82. The lowest BCUT2D eigenvalue weighted by Crippen LogP contribution is -2.18. The quantitative estimate of drug-likeness (QED) is 0.102. The van der Waals surface area contributed by atoms with Gasteiger partial charge in [-0.3, -0.25) is 0 Å². The first kappa shape index (κ1) is 29.0. The Balaban J connectivity index is 1.72. The van der Waals surface area contributed by atoms with E-state index in [1.54, 1.807) is 12.1 Å². The number of halogens is 6. The van der Waals surface area contributed by atoms with Crippen molar-refractivity contribution in [3.63, 3.8) is 0 Å². The van der Waals surface area contributed by atoms with Crippen molar-refractivity contribution >= 4 is 23.0 Å². The summed E-state index contributed by atoms with van der Waals surface area (Å²) < 4.78 is 88.7. The molecule has 9 heteroatoms. The van der Waals surface area contributed by atoms with E-state index >= 15 is 0 Å². The molecule has 0 unspecified atom stereocenters. The van der Waals surface area contributed by atoms with Crippen molar-refractivity contribution in [1.29, 1.82) is 0 Å². The standard InChI is InChI=1S/C33H25F6NO2/c1-19(2)30(41)42-29-15-13-23(18-28(29)33(37,38)39)40(21-9-7-8-20(16-21)32(34,35)36)22-12-14-25-24-10-5-6-11-26(24)31(3,4)27(25)17-22/h5-18H,1H2,2-4H3. The van der Waals surface area contributed by atoms with Crippen LogP contribution in [-0.4, -0.2) is 5.97 Å². The van der Waals surface area contributed by atoms with Crippen LogP contribution in [0.1, 0.15) is 43.0 Å². The third-order valence-electron chi connectivity index (χ3n) is 7.33. The fraction of sp³-hybridized carbons (Fsp3) is 0.182. The summed E-state index contributed by atoms with van der Waals surface area (Å²) in [7, 11) is 0. The van der Waals surface area contributed by atoms with Gasteiger partial charge in [0.2, 0.25) is 0 Å². The first-order valence-electron chi connectivity index (χ1n) is 12.9. The third-order valence-corrected chi connectivity index (χ3v) is 7.33. The van der Waals surface area contributed by atoms with E-state index < -0.39 is 40.6 Å². The molecule has 0 atom stereocenters. The van der Waals surface area contributed by atoms with Gasteiger partial charge in [0.25, 0.3) is 0 Å². The summed E-state index contributed by atoms with van der Waals surface area (Å²) in [5.41, 5.74) is 1.36. The SMILES string of the molecule is C=C(C)C(=O)Oc1ccc(N(c2cccc(C(F)(F)F)c2)c2ccc3c(c2)C(C)(C)c2ccccc2-3)cc1C(F)(F)F.